The zero-order chi connectivity index (χ0) is 22.8. The van der Waals surface area contributed by atoms with Crippen molar-refractivity contribution in [2.75, 3.05) is 6.16 Å². The van der Waals surface area contributed by atoms with Gasteiger partial charge in [0.05, 0.1) is 35.5 Å². The minimum atomic E-state index is -4.13. The maximum Gasteiger partial charge on any atom is 0.305 e. The van der Waals surface area contributed by atoms with Crippen molar-refractivity contribution in [1.29, 1.82) is 0 Å². The van der Waals surface area contributed by atoms with E-state index in [1.807, 2.05) is 42.6 Å². The zero-order valence-corrected chi connectivity index (χ0v) is 18.0. The summed E-state index contributed by atoms with van der Waals surface area (Å²) < 4.78 is 27.9. The lowest BCUT2D eigenvalue weighted by Gasteiger charge is -2.10. The average molecular weight is 443 g/mol. The van der Waals surface area contributed by atoms with Crippen LogP contribution in [0.1, 0.15) is 37.3 Å². The lowest BCUT2D eigenvalue weighted by molar-refractivity contribution is -0.138. The van der Waals surface area contributed by atoms with Crippen LogP contribution in [0.2, 0.25) is 0 Å². The van der Waals surface area contributed by atoms with Crippen LogP contribution in [0.25, 0.3) is 16.8 Å². The SMILES string of the molecule is CC(C)c1c(C#CP(=O)(O)C[C@@H](O)CC(=O)O)c(-c2ccc(F)cc2)n2ccccc12. The fourth-order valence-corrected chi connectivity index (χ4v) is 4.65. The molecule has 2 heterocycles. The molecule has 31 heavy (non-hydrogen) atoms. The molecule has 0 saturated heterocycles. The Balaban J connectivity index is 2.18. The van der Waals surface area contributed by atoms with E-state index in [0.29, 0.717) is 16.8 Å². The summed E-state index contributed by atoms with van der Waals surface area (Å²) in [6, 6.07) is 11.6. The van der Waals surface area contributed by atoms with E-state index in [9.17, 15) is 23.7 Å². The lowest BCUT2D eigenvalue weighted by atomic mass is 9.97. The molecule has 162 valence electrons. The molecule has 0 fully saturated rings. The predicted molar refractivity (Wildman–Crippen MR) is 117 cm³/mol. The van der Waals surface area contributed by atoms with Crippen LogP contribution >= 0.6 is 7.37 Å². The summed E-state index contributed by atoms with van der Waals surface area (Å²) in [5.74, 6) is 1.22. The molecule has 2 aromatic heterocycles. The highest BCUT2D eigenvalue weighted by molar-refractivity contribution is 7.63. The number of aromatic nitrogens is 1. The van der Waals surface area contributed by atoms with Gasteiger partial charge >= 0.3 is 5.97 Å². The van der Waals surface area contributed by atoms with Crippen LogP contribution in [-0.4, -0.2) is 37.7 Å². The molecule has 2 atom stereocenters. The number of hydrogen-bond acceptors (Lipinski definition) is 3. The lowest BCUT2D eigenvalue weighted by Crippen LogP contribution is -2.17. The van der Waals surface area contributed by atoms with Crippen LogP contribution in [0.15, 0.2) is 48.7 Å². The number of rotatable bonds is 6. The van der Waals surface area contributed by atoms with Gasteiger partial charge in [-0.05, 0) is 59.1 Å². The Hall–Kier alpha value is -2.91. The number of aliphatic carboxylic acids is 1. The van der Waals surface area contributed by atoms with Gasteiger partial charge < -0.3 is 19.5 Å². The van der Waals surface area contributed by atoms with E-state index in [-0.39, 0.29) is 11.7 Å². The van der Waals surface area contributed by atoms with E-state index >= 15 is 0 Å². The van der Waals surface area contributed by atoms with Crippen LogP contribution in [0, 0.1) is 17.4 Å². The monoisotopic (exact) mass is 443 g/mol. The molecular formula is C23H23FNO5P. The molecule has 0 aliphatic heterocycles. The number of aliphatic hydroxyl groups is 1. The Kier molecular flexibility index (Phi) is 6.66. The van der Waals surface area contributed by atoms with E-state index in [1.165, 1.54) is 12.1 Å². The molecule has 3 rings (SSSR count). The number of hydrogen-bond donors (Lipinski definition) is 3. The molecule has 8 heteroatoms. The summed E-state index contributed by atoms with van der Waals surface area (Å²) in [7, 11) is -4.13. The summed E-state index contributed by atoms with van der Waals surface area (Å²) in [5.41, 5.74) is 6.02. The molecule has 0 aliphatic carbocycles. The van der Waals surface area contributed by atoms with Crippen LogP contribution in [-0.2, 0) is 9.36 Å². The summed E-state index contributed by atoms with van der Waals surface area (Å²) >= 11 is 0. The second-order valence-electron chi connectivity index (χ2n) is 7.63. The van der Waals surface area contributed by atoms with Crippen LogP contribution in [0.3, 0.4) is 0 Å². The second kappa shape index (κ2) is 9.07. The first-order valence-electron chi connectivity index (χ1n) is 9.73. The zero-order valence-electron chi connectivity index (χ0n) is 17.1. The Morgan fingerprint density at radius 2 is 1.87 bits per heavy atom. The average Bonchev–Trinajstić information content (AvgIpc) is 3.00. The van der Waals surface area contributed by atoms with Gasteiger partial charge in [0.15, 0.2) is 0 Å². The first-order valence-corrected chi connectivity index (χ1v) is 11.6. The normalized spacial score (nSPS) is 14.1. The van der Waals surface area contributed by atoms with Gasteiger partial charge in [-0.25, -0.2) is 4.39 Å². The third-order valence-corrected chi connectivity index (χ3v) is 6.18. The summed E-state index contributed by atoms with van der Waals surface area (Å²) in [5, 5.41) is 18.5. The maximum absolute atomic E-state index is 13.5. The van der Waals surface area contributed by atoms with E-state index in [1.54, 1.807) is 12.1 Å². The Morgan fingerprint density at radius 1 is 1.19 bits per heavy atom. The molecule has 0 spiro atoms. The molecular weight excluding hydrogens is 420 g/mol. The van der Waals surface area contributed by atoms with E-state index in [4.69, 9.17) is 5.11 Å². The van der Waals surface area contributed by atoms with Crippen LogP contribution in [0.5, 0.6) is 0 Å². The molecule has 1 aromatic carbocycles. The molecule has 6 nitrogen and oxygen atoms in total. The molecule has 0 aliphatic rings. The number of fused-ring (bicyclic) bond motifs is 1. The van der Waals surface area contributed by atoms with Crippen molar-refractivity contribution in [3.8, 4) is 22.8 Å². The highest BCUT2D eigenvalue weighted by Crippen LogP contribution is 2.41. The van der Waals surface area contributed by atoms with Gasteiger partial charge in [0, 0.05) is 6.20 Å². The van der Waals surface area contributed by atoms with Gasteiger partial charge in [0.2, 0.25) is 0 Å². The molecule has 1 unspecified atom stereocenters. The fraction of sp³-hybridized carbons (Fsp3) is 0.261. The van der Waals surface area contributed by atoms with E-state index < -0.39 is 32.0 Å². The minimum Gasteiger partial charge on any atom is -0.481 e. The van der Waals surface area contributed by atoms with Crippen molar-refractivity contribution in [2.45, 2.75) is 32.3 Å². The van der Waals surface area contributed by atoms with Crippen molar-refractivity contribution >= 4 is 18.9 Å². The smallest absolute Gasteiger partial charge is 0.305 e. The molecule has 3 N–H and O–H groups in total. The van der Waals surface area contributed by atoms with Gasteiger partial charge in [-0.3, -0.25) is 9.36 Å². The summed E-state index contributed by atoms with van der Waals surface area (Å²) in [4.78, 5) is 21.0. The Morgan fingerprint density at radius 3 is 2.48 bits per heavy atom. The number of carboxylic acids is 1. The van der Waals surface area contributed by atoms with Crippen molar-refractivity contribution in [2.24, 2.45) is 0 Å². The maximum atomic E-state index is 13.5. The molecule has 0 amide bonds. The second-order valence-corrected chi connectivity index (χ2v) is 9.62. The largest absolute Gasteiger partial charge is 0.481 e. The number of carbonyl (C=O) groups is 1. The fourth-order valence-electron chi connectivity index (χ4n) is 3.58. The van der Waals surface area contributed by atoms with Gasteiger partial charge in [0.25, 0.3) is 7.37 Å². The van der Waals surface area contributed by atoms with E-state index in [0.717, 1.165) is 11.1 Å². The molecule has 0 saturated carbocycles. The van der Waals surface area contributed by atoms with Crippen LogP contribution in [0.4, 0.5) is 4.39 Å². The number of pyridine rings is 1. The first-order chi connectivity index (χ1) is 14.6. The highest BCUT2D eigenvalue weighted by atomic mass is 31.2. The predicted octanol–water partition coefficient (Wildman–Crippen LogP) is 4.28. The van der Waals surface area contributed by atoms with Gasteiger partial charge in [-0.2, -0.15) is 0 Å². The minimum absolute atomic E-state index is 0.0339. The Labute approximate surface area is 179 Å². The molecule has 0 bridgehead atoms. The number of carboxylic acid groups (broad SMARTS) is 1. The summed E-state index contributed by atoms with van der Waals surface area (Å²) in [6.07, 6.45) is -0.902. The topological polar surface area (TPSA) is 99.2 Å². The number of halogens is 1. The van der Waals surface area contributed by atoms with Gasteiger partial charge in [-0.15, -0.1) is 0 Å². The third kappa shape index (κ3) is 5.23. The van der Waals surface area contributed by atoms with Crippen molar-refractivity contribution < 1.29 is 28.9 Å². The standard InChI is InChI=1S/C23H23FNO5P/c1-15(2)22-19(10-12-31(29,30)14-18(26)13-21(27)28)23(16-6-8-17(24)9-7-16)25-11-4-3-5-20(22)25/h3-9,11,15,18,26H,13-14H2,1-2H3,(H,27,28)(H,29,30)/t18-/m0/s1. The number of aliphatic hydroxyl groups excluding tert-OH is 1. The quantitative estimate of drug-likeness (QED) is 0.390. The van der Waals surface area contributed by atoms with E-state index in [2.05, 4.69) is 11.6 Å². The number of nitrogens with zero attached hydrogens (tertiary/aromatic N) is 1. The van der Waals surface area contributed by atoms with Crippen LogP contribution < -0.4 is 0 Å². The van der Waals surface area contributed by atoms with Crippen molar-refractivity contribution in [3.05, 3.63) is 65.6 Å². The van der Waals surface area contributed by atoms with Crippen molar-refractivity contribution in [3.63, 3.8) is 0 Å². The third-order valence-electron chi connectivity index (χ3n) is 4.80. The van der Waals surface area contributed by atoms with Gasteiger partial charge in [-0.1, -0.05) is 25.8 Å². The van der Waals surface area contributed by atoms with Gasteiger partial charge in [0.1, 0.15) is 5.82 Å². The highest BCUT2D eigenvalue weighted by Gasteiger charge is 2.24. The summed E-state index contributed by atoms with van der Waals surface area (Å²) in [6.45, 7) is 3.97. The Bertz CT molecular complexity index is 1220. The first kappa shape index (κ1) is 22.8. The molecule has 3 aromatic rings. The van der Waals surface area contributed by atoms with Crippen molar-refractivity contribution in [1.82, 2.24) is 4.40 Å². The number of benzene rings is 1. The molecule has 0 radical (unpaired) electrons.